The van der Waals surface area contributed by atoms with Crippen LogP contribution in [0.25, 0.3) is 0 Å². The van der Waals surface area contributed by atoms with Gasteiger partial charge in [0.05, 0.1) is 5.56 Å². The van der Waals surface area contributed by atoms with Gasteiger partial charge in [-0.25, -0.2) is 0 Å². The number of likely N-dealkylation sites (tertiary alicyclic amines) is 1. The van der Waals surface area contributed by atoms with Crippen LogP contribution in [0.15, 0.2) is 48.8 Å². The molecule has 1 aliphatic carbocycles. The van der Waals surface area contributed by atoms with E-state index in [1.165, 1.54) is 11.1 Å². The van der Waals surface area contributed by atoms with Crippen molar-refractivity contribution in [2.75, 3.05) is 46.3 Å². The Kier molecular flexibility index (Phi) is 5.72. The SMILES string of the molecule is CN1CCN(C(=O)CC2CC3(CCN(C(=O)c4cccnc4)CC3)c3ccccc32)CC1. The predicted molar refractivity (Wildman–Crippen MR) is 124 cm³/mol. The molecule has 0 saturated carbocycles. The summed E-state index contributed by atoms with van der Waals surface area (Å²) >= 11 is 0. The second kappa shape index (κ2) is 8.66. The summed E-state index contributed by atoms with van der Waals surface area (Å²) in [7, 11) is 2.12. The van der Waals surface area contributed by atoms with Gasteiger partial charge in [0, 0.05) is 58.1 Å². The number of benzene rings is 1. The molecule has 6 nitrogen and oxygen atoms in total. The highest BCUT2D eigenvalue weighted by atomic mass is 16.2. The monoisotopic (exact) mass is 432 g/mol. The van der Waals surface area contributed by atoms with Crippen LogP contribution in [0.4, 0.5) is 0 Å². The topological polar surface area (TPSA) is 56.8 Å². The van der Waals surface area contributed by atoms with Gasteiger partial charge in [0.1, 0.15) is 0 Å². The predicted octanol–water partition coefficient (Wildman–Crippen LogP) is 2.91. The molecule has 2 aliphatic heterocycles. The minimum atomic E-state index is 0.0704. The Morgan fingerprint density at radius 1 is 0.969 bits per heavy atom. The Hall–Kier alpha value is -2.73. The fourth-order valence-electron chi connectivity index (χ4n) is 5.89. The Morgan fingerprint density at radius 3 is 2.44 bits per heavy atom. The number of nitrogens with zero attached hydrogens (tertiary/aromatic N) is 4. The Bertz CT molecular complexity index is 976. The quantitative estimate of drug-likeness (QED) is 0.748. The summed E-state index contributed by atoms with van der Waals surface area (Å²) < 4.78 is 0. The smallest absolute Gasteiger partial charge is 0.255 e. The zero-order chi connectivity index (χ0) is 22.1. The number of likely N-dealkylation sites (N-methyl/N-ethyl adjacent to an activating group) is 1. The maximum atomic E-state index is 13.1. The lowest BCUT2D eigenvalue weighted by Gasteiger charge is -2.40. The molecule has 2 aromatic rings. The highest BCUT2D eigenvalue weighted by Gasteiger charge is 2.46. The molecule has 5 rings (SSSR count). The van der Waals surface area contributed by atoms with Crippen LogP contribution in [-0.4, -0.2) is 77.8 Å². The average Bonchev–Trinajstić information content (AvgIpc) is 3.13. The van der Waals surface area contributed by atoms with E-state index in [1.807, 2.05) is 21.9 Å². The highest BCUT2D eigenvalue weighted by molar-refractivity contribution is 5.94. The van der Waals surface area contributed by atoms with Gasteiger partial charge in [-0.15, -0.1) is 0 Å². The van der Waals surface area contributed by atoms with Crippen molar-refractivity contribution in [1.29, 1.82) is 0 Å². The fourth-order valence-corrected chi connectivity index (χ4v) is 5.89. The molecule has 2 saturated heterocycles. The number of hydrogen-bond donors (Lipinski definition) is 0. The second-order valence-electron chi connectivity index (χ2n) is 9.69. The third kappa shape index (κ3) is 3.92. The van der Waals surface area contributed by atoms with Gasteiger partial charge in [-0.3, -0.25) is 14.6 Å². The third-order valence-electron chi connectivity index (χ3n) is 7.80. The minimum absolute atomic E-state index is 0.0704. The van der Waals surface area contributed by atoms with Crippen LogP contribution >= 0.6 is 0 Å². The van der Waals surface area contributed by atoms with E-state index in [9.17, 15) is 9.59 Å². The molecule has 6 heteroatoms. The molecule has 2 amide bonds. The standard InChI is InChI=1S/C26H32N4O2/c1-28-13-15-29(16-14-28)24(31)17-21-18-26(23-7-3-2-6-22(21)23)8-11-30(12-9-26)25(32)20-5-4-10-27-19-20/h2-7,10,19,21H,8-9,11-18H2,1H3. The van der Waals surface area contributed by atoms with E-state index < -0.39 is 0 Å². The van der Waals surface area contributed by atoms with Crippen molar-refractivity contribution in [3.8, 4) is 0 Å². The molecule has 1 unspecified atom stereocenters. The molecule has 1 spiro atoms. The lowest BCUT2D eigenvalue weighted by molar-refractivity contribution is -0.133. The lowest BCUT2D eigenvalue weighted by Crippen LogP contribution is -2.47. The van der Waals surface area contributed by atoms with Gasteiger partial charge in [0.25, 0.3) is 5.91 Å². The number of piperidine rings is 1. The average molecular weight is 433 g/mol. The first-order valence-corrected chi connectivity index (χ1v) is 11.8. The number of aromatic nitrogens is 1. The lowest BCUT2D eigenvalue weighted by atomic mass is 9.73. The molecule has 1 atom stereocenters. The maximum Gasteiger partial charge on any atom is 0.255 e. The number of rotatable bonds is 3. The number of carbonyl (C=O) groups excluding carboxylic acids is 2. The van der Waals surface area contributed by atoms with Crippen LogP contribution in [0, 0.1) is 0 Å². The molecule has 3 aliphatic rings. The number of fused-ring (bicyclic) bond motifs is 2. The summed E-state index contributed by atoms with van der Waals surface area (Å²) in [5, 5.41) is 0. The molecular weight excluding hydrogens is 400 g/mol. The third-order valence-corrected chi connectivity index (χ3v) is 7.80. The Morgan fingerprint density at radius 2 is 1.72 bits per heavy atom. The van der Waals surface area contributed by atoms with Crippen molar-refractivity contribution in [1.82, 2.24) is 19.7 Å². The van der Waals surface area contributed by atoms with Crippen molar-refractivity contribution in [3.05, 3.63) is 65.5 Å². The maximum absolute atomic E-state index is 13.1. The molecule has 1 aromatic heterocycles. The molecule has 0 N–H and O–H groups in total. The van der Waals surface area contributed by atoms with Crippen LogP contribution in [0.3, 0.4) is 0 Å². The van der Waals surface area contributed by atoms with Crippen LogP contribution in [0.1, 0.15) is 53.1 Å². The van der Waals surface area contributed by atoms with E-state index in [4.69, 9.17) is 0 Å². The van der Waals surface area contributed by atoms with Crippen LogP contribution in [-0.2, 0) is 10.2 Å². The first-order valence-electron chi connectivity index (χ1n) is 11.8. The van der Waals surface area contributed by atoms with E-state index in [-0.39, 0.29) is 17.2 Å². The summed E-state index contributed by atoms with van der Waals surface area (Å²) in [5.74, 6) is 0.638. The normalized spacial score (nSPS) is 22.7. The first-order chi connectivity index (χ1) is 15.6. The van der Waals surface area contributed by atoms with Gasteiger partial charge in [0.2, 0.25) is 5.91 Å². The minimum Gasteiger partial charge on any atom is -0.340 e. The van der Waals surface area contributed by atoms with E-state index in [0.717, 1.165) is 58.5 Å². The number of piperazine rings is 1. The Balaban J connectivity index is 1.29. The number of pyridine rings is 1. The second-order valence-corrected chi connectivity index (χ2v) is 9.69. The van der Waals surface area contributed by atoms with Gasteiger partial charge in [-0.1, -0.05) is 24.3 Å². The molecule has 0 radical (unpaired) electrons. The zero-order valence-corrected chi connectivity index (χ0v) is 18.9. The summed E-state index contributed by atoms with van der Waals surface area (Å²) in [6, 6.07) is 12.4. The fraction of sp³-hybridized carbons (Fsp3) is 0.500. The van der Waals surface area contributed by atoms with Crippen molar-refractivity contribution in [3.63, 3.8) is 0 Å². The first kappa shape index (κ1) is 21.1. The number of hydrogen-bond acceptors (Lipinski definition) is 4. The van der Waals surface area contributed by atoms with Crippen molar-refractivity contribution in [2.24, 2.45) is 0 Å². The molecule has 2 fully saturated rings. The summed E-state index contributed by atoms with van der Waals surface area (Å²) in [6.07, 6.45) is 6.87. The summed E-state index contributed by atoms with van der Waals surface area (Å²) in [4.78, 5) is 36.4. The van der Waals surface area contributed by atoms with Crippen molar-refractivity contribution in [2.45, 2.75) is 37.0 Å². The van der Waals surface area contributed by atoms with Crippen molar-refractivity contribution >= 4 is 11.8 Å². The number of amides is 2. The van der Waals surface area contributed by atoms with Gasteiger partial charge in [0.15, 0.2) is 0 Å². The van der Waals surface area contributed by atoms with Gasteiger partial charge in [-0.05, 0) is 60.9 Å². The highest BCUT2D eigenvalue weighted by Crippen LogP contribution is 2.52. The van der Waals surface area contributed by atoms with E-state index in [2.05, 4.69) is 41.2 Å². The van der Waals surface area contributed by atoms with E-state index in [0.29, 0.717) is 17.9 Å². The zero-order valence-electron chi connectivity index (χ0n) is 18.9. The molecule has 3 heterocycles. The van der Waals surface area contributed by atoms with Gasteiger partial charge >= 0.3 is 0 Å². The molecular formula is C26H32N4O2. The van der Waals surface area contributed by atoms with Gasteiger partial charge in [-0.2, -0.15) is 0 Å². The largest absolute Gasteiger partial charge is 0.340 e. The van der Waals surface area contributed by atoms with E-state index >= 15 is 0 Å². The van der Waals surface area contributed by atoms with Crippen LogP contribution in [0.5, 0.6) is 0 Å². The molecule has 0 bridgehead atoms. The molecule has 168 valence electrons. The van der Waals surface area contributed by atoms with Gasteiger partial charge < -0.3 is 14.7 Å². The van der Waals surface area contributed by atoms with Crippen LogP contribution in [0.2, 0.25) is 0 Å². The van der Waals surface area contributed by atoms with Crippen LogP contribution < -0.4 is 0 Å². The van der Waals surface area contributed by atoms with Crippen molar-refractivity contribution < 1.29 is 9.59 Å². The molecule has 1 aromatic carbocycles. The Labute approximate surface area is 190 Å². The summed E-state index contributed by atoms with van der Waals surface area (Å²) in [6.45, 7) is 5.08. The number of carbonyl (C=O) groups is 2. The molecule has 32 heavy (non-hydrogen) atoms. The van der Waals surface area contributed by atoms with E-state index in [1.54, 1.807) is 12.4 Å². The summed E-state index contributed by atoms with van der Waals surface area (Å²) in [5.41, 5.74) is 3.49.